The second-order valence-electron chi connectivity index (χ2n) is 18.6. The van der Waals surface area contributed by atoms with Crippen molar-refractivity contribution in [3.8, 4) is 0 Å². The Morgan fingerprint density at radius 3 is 1.92 bits per heavy atom. The van der Waals surface area contributed by atoms with E-state index < -0.39 is 114 Å². The minimum Gasteiger partial charge on any atom is -0.370 e. The second-order valence-corrected chi connectivity index (χ2v) is 18.6. The highest BCUT2D eigenvalue weighted by Crippen LogP contribution is 2.20. The predicted octanol–water partition coefficient (Wildman–Crippen LogP) is -4.47. The van der Waals surface area contributed by atoms with Crippen molar-refractivity contribution in [1.82, 2.24) is 63.5 Å². The van der Waals surface area contributed by atoms with Crippen molar-refractivity contribution in [2.45, 2.75) is 120 Å². The van der Waals surface area contributed by atoms with Gasteiger partial charge in [-0.1, -0.05) is 48.5 Å². The fourth-order valence-electron chi connectivity index (χ4n) is 8.41. The first kappa shape index (κ1) is 61.7. The van der Waals surface area contributed by atoms with Crippen molar-refractivity contribution < 1.29 is 47.9 Å². The van der Waals surface area contributed by atoms with Crippen molar-refractivity contribution in [3.05, 3.63) is 71.9 Å². The maximum atomic E-state index is 14.7. The third-order valence-electron chi connectivity index (χ3n) is 12.4. The van der Waals surface area contributed by atoms with Gasteiger partial charge in [-0.25, -0.2) is 0 Å². The van der Waals surface area contributed by atoms with E-state index in [1.807, 2.05) is 18.2 Å². The van der Waals surface area contributed by atoms with Crippen LogP contribution in [0.25, 0.3) is 10.9 Å². The molecule has 0 saturated carbocycles. The highest BCUT2D eigenvalue weighted by atomic mass is 16.2. The molecule has 2 heterocycles. The fourth-order valence-corrected chi connectivity index (χ4v) is 8.41. The zero-order valence-corrected chi connectivity index (χ0v) is 43.5. The molecular formula is C50H74N18O10. The summed E-state index contributed by atoms with van der Waals surface area (Å²) < 4.78 is 0. The zero-order chi connectivity index (χ0) is 57.1. The van der Waals surface area contributed by atoms with Crippen LogP contribution >= 0.6 is 0 Å². The molecule has 7 atom stereocenters. The molecule has 0 bridgehead atoms. The number of benzene rings is 2. The van der Waals surface area contributed by atoms with E-state index in [4.69, 9.17) is 33.8 Å². The lowest BCUT2D eigenvalue weighted by atomic mass is 10.0. The van der Waals surface area contributed by atoms with E-state index in [0.29, 0.717) is 11.1 Å². The van der Waals surface area contributed by atoms with Gasteiger partial charge in [-0.05, 0) is 68.6 Å². The van der Waals surface area contributed by atoms with E-state index >= 15 is 0 Å². The summed E-state index contributed by atoms with van der Waals surface area (Å²) in [6.45, 7) is 0.749. The Kier molecular flexibility index (Phi) is 25.3. The summed E-state index contributed by atoms with van der Waals surface area (Å²) in [6.07, 6.45) is 1.12. The molecule has 78 heavy (non-hydrogen) atoms. The molecule has 1 aromatic heterocycles. The molecular weight excluding hydrogens is 1010 g/mol. The Labute approximate surface area is 450 Å². The SMILES string of the molecule is CC(=O)N[C@@H](CCCNC(=N)N)C(=O)N[C@H]1CC(=O)NCCCC[C@@H](C(N)=O)NC(=O)[C@H](Cc2c[nH]c3ccccc23)NC(=O)[C@H](CCCNC(=N)N)NC(=O)[C@@H](Cc2ccccc2)NC(=O)[C@H](CCNC(=O)CN)NC1=O. The van der Waals surface area contributed by atoms with Gasteiger partial charge in [-0.3, -0.25) is 58.8 Å². The van der Waals surface area contributed by atoms with Gasteiger partial charge >= 0.3 is 0 Å². The number of carbonyl (C=O) groups excluding carboxylic acids is 10. The van der Waals surface area contributed by atoms with Gasteiger partial charge in [0.15, 0.2) is 11.9 Å². The van der Waals surface area contributed by atoms with Crippen molar-refractivity contribution in [3.63, 3.8) is 0 Å². The van der Waals surface area contributed by atoms with Crippen LogP contribution in [0.4, 0.5) is 0 Å². The molecule has 1 aliphatic rings. The third kappa shape index (κ3) is 21.4. The maximum absolute atomic E-state index is 14.7. The lowest BCUT2D eigenvalue weighted by Crippen LogP contribution is -2.61. The maximum Gasteiger partial charge on any atom is 0.243 e. The van der Waals surface area contributed by atoms with Gasteiger partial charge in [0.05, 0.1) is 13.0 Å². The van der Waals surface area contributed by atoms with Crippen LogP contribution in [0.3, 0.4) is 0 Å². The number of aromatic nitrogens is 1. The molecule has 28 heteroatoms. The summed E-state index contributed by atoms with van der Waals surface area (Å²) >= 11 is 0. The number of primary amides is 1. The lowest BCUT2D eigenvalue weighted by Gasteiger charge is -2.28. The largest absolute Gasteiger partial charge is 0.370 e. The standard InChI is InChI=1S/C50H74N18O10/c1-28(69)62-34(16-9-20-59-49(53)54)43(73)68-39-25-40(70)57-19-8-7-15-33(42(52)72)63-47(77)38(24-30-27-61-32-14-6-5-13-31(30)32)67-44(74)35(17-10-21-60-50(55)56)64-46(76)37(23-29-11-3-2-4-12-29)66-45(75)36(65-48(39)78)18-22-58-41(71)26-51/h2-6,11-14,27,33-39,61H,7-10,15-26,51H2,1H3,(H2,52,72)(H,57,70)(H,58,71)(H,62,69)(H,63,77)(H,64,76)(H,65,78)(H,66,75)(H,67,74)(H,68,73)(H4,53,54,59)(H4,55,56,60)/t33-,34-,35-,36-,37+,38-,39-/m0/s1. The van der Waals surface area contributed by atoms with Crippen LogP contribution in [0.5, 0.6) is 0 Å². The van der Waals surface area contributed by atoms with E-state index in [0.717, 1.165) is 10.9 Å². The fraction of sp³-hybridized carbons (Fsp3) is 0.480. The van der Waals surface area contributed by atoms with E-state index in [1.165, 1.54) is 6.92 Å². The third-order valence-corrected chi connectivity index (χ3v) is 12.4. The molecule has 28 nitrogen and oxygen atoms in total. The number of nitrogens with two attached hydrogens (primary N) is 4. The highest BCUT2D eigenvalue weighted by Gasteiger charge is 2.35. The molecule has 0 unspecified atom stereocenters. The number of amides is 10. The van der Waals surface area contributed by atoms with Gasteiger partial charge in [0.25, 0.3) is 0 Å². The quantitative estimate of drug-likeness (QED) is 0.0288. The highest BCUT2D eigenvalue weighted by molar-refractivity contribution is 5.99. The molecule has 1 saturated heterocycles. The number of hydrogen-bond acceptors (Lipinski definition) is 13. The predicted molar refractivity (Wildman–Crippen MR) is 287 cm³/mol. The average Bonchev–Trinajstić information content (AvgIpc) is 3.81. The number of fused-ring (bicyclic) bond motifs is 1. The Hall–Kier alpha value is -8.82. The first-order valence-corrected chi connectivity index (χ1v) is 25.6. The normalized spacial score (nSPS) is 20.6. The minimum absolute atomic E-state index is 0.00170. The number of hydrogen-bond donors (Lipinski definition) is 18. The van der Waals surface area contributed by atoms with Gasteiger partial charge in [0.1, 0.15) is 42.3 Å². The van der Waals surface area contributed by atoms with Crippen LogP contribution in [0.2, 0.25) is 0 Å². The zero-order valence-electron chi connectivity index (χ0n) is 43.5. The van der Waals surface area contributed by atoms with Gasteiger partial charge < -0.3 is 86.4 Å². The Morgan fingerprint density at radius 1 is 0.679 bits per heavy atom. The summed E-state index contributed by atoms with van der Waals surface area (Å²) in [6, 6.07) is 5.73. The van der Waals surface area contributed by atoms with Gasteiger partial charge in [0, 0.05) is 63.0 Å². The number of carbonyl (C=O) groups is 10. The Morgan fingerprint density at radius 2 is 1.27 bits per heavy atom. The number of para-hydroxylation sites is 1. The van der Waals surface area contributed by atoms with Gasteiger partial charge in [0.2, 0.25) is 59.1 Å². The number of rotatable bonds is 20. The molecule has 4 rings (SSSR count). The van der Waals surface area contributed by atoms with E-state index in [1.54, 1.807) is 42.6 Å². The monoisotopic (exact) mass is 1090 g/mol. The van der Waals surface area contributed by atoms with Crippen molar-refractivity contribution in [2.75, 3.05) is 32.7 Å². The number of nitrogens with one attached hydrogen (secondary N) is 14. The summed E-state index contributed by atoms with van der Waals surface area (Å²) in [5, 5.41) is 44.6. The summed E-state index contributed by atoms with van der Waals surface area (Å²) in [7, 11) is 0. The van der Waals surface area contributed by atoms with Crippen LogP contribution in [0.15, 0.2) is 60.8 Å². The molecule has 3 aromatic rings. The smallest absolute Gasteiger partial charge is 0.243 e. The van der Waals surface area contributed by atoms with Crippen molar-refractivity contribution in [2.24, 2.45) is 22.9 Å². The van der Waals surface area contributed by atoms with Gasteiger partial charge in [-0.15, -0.1) is 0 Å². The van der Waals surface area contributed by atoms with Crippen LogP contribution in [0, 0.1) is 10.8 Å². The van der Waals surface area contributed by atoms with Crippen LogP contribution in [-0.2, 0) is 60.8 Å². The average molecular weight is 1090 g/mol. The number of aromatic amines is 1. The van der Waals surface area contributed by atoms with Crippen molar-refractivity contribution >= 4 is 81.9 Å². The van der Waals surface area contributed by atoms with E-state index in [9.17, 15) is 47.9 Å². The number of guanidine groups is 2. The summed E-state index contributed by atoms with van der Waals surface area (Å²) in [5.41, 5.74) is 24.1. The first-order chi connectivity index (χ1) is 37.2. The molecule has 22 N–H and O–H groups in total. The topological polar surface area (TPSA) is 471 Å². The molecule has 0 aliphatic carbocycles. The van der Waals surface area contributed by atoms with Crippen LogP contribution < -0.4 is 81.4 Å². The Balaban J connectivity index is 1.79. The number of H-pyrrole nitrogens is 1. The summed E-state index contributed by atoms with van der Waals surface area (Å²) in [5.74, 6) is -8.90. The second kappa shape index (κ2) is 31.9. The van der Waals surface area contributed by atoms with E-state index in [2.05, 4.69) is 63.5 Å². The summed E-state index contributed by atoms with van der Waals surface area (Å²) in [4.78, 5) is 141. The molecule has 0 radical (unpaired) electrons. The molecule has 1 fully saturated rings. The van der Waals surface area contributed by atoms with E-state index in [-0.39, 0.29) is 102 Å². The molecule has 2 aromatic carbocycles. The molecule has 424 valence electrons. The van der Waals surface area contributed by atoms with Crippen molar-refractivity contribution in [1.29, 1.82) is 10.8 Å². The van der Waals surface area contributed by atoms with Crippen LogP contribution in [0.1, 0.15) is 75.8 Å². The molecule has 1 aliphatic heterocycles. The molecule has 10 amide bonds. The lowest BCUT2D eigenvalue weighted by molar-refractivity contribution is -0.136. The Bertz CT molecular complexity index is 2600. The minimum atomic E-state index is -1.70. The first-order valence-electron chi connectivity index (χ1n) is 25.6. The van der Waals surface area contributed by atoms with Crippen LogP contribution in [-0.4, -0.2) is 151 Å². The van der Waals surface area contributed by atoms with Gasteiger partial charge in [-0.2, -0.15) is 0 Å². The molecule has 0 spiro atoms.